The average Bonchev–Trinajstić information content (AvgIpc) is 2.35. The van der Waals surface area contributed by atoms with Crippen molar-refractivity contribution in [1.29, 1.82) is 0 Å². The van der Waals surface area contributed by atoms with Crippen molar-refractivity contribution in [2.45, 2.75) is 6.18 Å². The minimum absolute atomic E-state index is 0.0333. The molecule has 0 saturated heterocycles. The molecule has 0 aliphatic rings. The van der Waals surface area contributed by atoms with Crippen LogP contribution in [-0.4, -0.2) is 17.9 Å². The van der Waals surface area contributed by atoms with Gasteiger partial charge in [0.05, 0.1) is 11.8 Å². The highest BCUT2D eigenvalue weighted by Crippen LogP contribution is 2.30. The molecule has 0 aliphatic carbocycles. The van der Waals surface area contributed by atoms with Gasteiger partial charge in [-0.05, 0) is 18.3 Å². The van der Waals surface area contributed by atoms with E-state index in [-0.39, 0.29) is 10.7 Å². The Labute approximate surface area is 114 Å². The maximum Gasteiger partial charge on any atom is 0.417 e. The summed E-state index contributed by atoms with van der Waals surface area (Å²) in [6.45, 7) is 3.93. The molecule has 19 heavy (non-hydrogen) atoms. The fourth-order valence-electron chi connectivity index (χ4n) is 1.23. The fraction of sp³-hybridized carbons (Fsp3) is 0.167. The first kappa shape index (κ1) is 15.2. The lowest BCUT2D eigenvalue weighted by atomic mass is 10.1. The van der Waals surface area contributed by atoms with Crippen LogP contribution in [0, 0.1) is 0 Å². The number of benzene rings is 1. The van der Waals surface area contributed by atoms with Crippen molar-refractivity contribution in [3.05, 3.63) is 48.0 Å². The van der Waals surface area contributed by atoms with Crippen molar-refractivity contribution in [3.8, 4) is 0 Å². The second-order valence-electron chi connectivity index (χ2n) is 3.45. The zero-order valence-corrected chi connectivity index (χ0v) is 10.7. The van der Waals surface area contributed by atoms with E-state index in [0.717, 1.165) is 12.3 Å². The lowest BCUT2D eigenvalue weighted by molar-refractivity contribution is -0.137. The number of nitrogens with one attached hydrogen (secondary N) is 2. The van der Waals surface area contributed by atoms with Crippen molar-refractivity contribution < 1.29 is 13.2 Å². The van der Waals surface area contributed by atoms with Crippen LogP contribution in [0.15, 0.2) is 42.0 Å². The summed E-state index contributed by atoms with van der Waals surface area (Å²) in [6, 6.07) is 5.15. The molecule has 1 aromatic carbocycles. The van der Waals surface area contributed by atoms with E-state index in [1.807, 2.05) is 0 Å². The van der Waals surface area contributed by atoms with Crippen LogP contribution >= 0.6 is 12.2 Å². The van der Waals surface area contributed by atoms with E-state index < -0.39 is 11.7 Å². The van der Waals surface area contributed by atoms with Crippen LogP contribution in [0.1, 0.15) is 11.1 Å². The van der Waals surface area contributed by atoms with E-state index in [4.69, 9.17) is 12.2 Å². The summed E-state index contributed by atoms with van der Waals surface area (Å²) in [4.78, 5) is 0. The predicted octanol–water partition coefficient (Wildman–Crippen LogP) is 2.69. The number of nitrogens with zero attached hydrogens (tertiary/aromatic N) is 1. The monoisotopic (exact) mass is 287 g/mol. The maximum absolute atomic E-state index is 12.7. The molecule has 3 nitrogen and oxygen atoms in total. The van der Waals surface area contributed by atoms with E-state index in [2.05, 4.69) is 22.4 Å². The van der Waals surface area contributed by atoms with Crippen LogP contribution in [0.25, 0.3) is 0 Å². The highest BCUT2D eigenvalue weighted by molar-refractivity contribution is 7.80. The first-order chi connectivity index (χ1) is 8.95. The number of alkyl halides is 3. The topological polar surface area (TPSA) is 36.4 Å². The van der Waals surface area contributed by atoms with E-state index in [1.54, 1.807) is 6.08 Å². The van der Waals surface area contributed by atoms with E-state index in [9.17, 15) is 13.2 Å². The smallest absolute Gasteiger partial charge is 0.358 e. The van der Waals surface area contributed by atoms with Gasteiger partial charge in [-0.15, -0.1) is 6.58 Å². The molecule has 0 unspecified atom stereocenters. The van der Waals surface area contributed by atoms with E-state index in [0.29, 0.717) is 6.54 Å². The molecule has 0 aliphatic heterocycles. The molecule has 0 aromatic heterocycles. The quantitative estimate of drug-likeness (QED) is 0.387. The Balaban J connectivity index is 2.72. The van der Waals surface area contributed by atoms with Gasteiger partial charge in [-0.25, -0.2) is 0 Å². The van der Waals surface area contributed by atoms with Crippen LogP contribution in [0.4, 0.5) is 13.2 Å². The van der Waals surface area contributed by atoms with Gasteiger partial charge in [-0.1, -0.05) is 24.3 Å². The SMILES string of the molecule is C=CCNC(=S)NN=Cc1ccccc1C(F)(F)F. The summed E-state index contributed by atoms with van der Waals surface area (Å²) in [7, 11) is 0. The van der Waals surface area contributed by atoms with Gasteiger partial charge in [0.25, 0.3) is 0 Å². The summed E-state index contributed by atoms with van der Waals surface area (Å²) in [5, 5.41) is 6.59. The van der Waals surface area contributed by atoms with Gasteiger partial charge in [0, 0.05) is 12.1 Å². The second-order valence-corrected chi connectivity index (χ2v) is 3.86. The highest BCUT2D eigenvalue weighted by Gasteiger charge is 2.32. The van der Waals surface area contributed by atoms with Gasteiger partial charge in [-0.2, -0.15) is 18.3 Å². The Kier molecular flexibility index (Phi) is 5.50. The molecule has 0 fully saturated rings. The zero-order chi connectivity index (χ0) is 14.3. The third kappa shape index (κ3) is 5.09. The van der Waals surface area contributed by atoms with Crippen LogP contribution in [0.5, 0.6) is 0 Å². The van der Waals surface area contributed by atoms with Crippen LogP contribution in [0.2, 0.25) is 0 Å². The fourth-order valence-corrected chi connectivity index (χ4v) is 1.37. The summed E-state index contributed by atoms with van der Waals surface area (Å²) >= 11 is 4.84. The average molecular weight is 287 g/mol. The molecule has 102 valence electrons. The van der Waals surface area contributed by atoms with Gasteiger partial charge in [-0.3, -0.25) is 5.43 Å². The Hall–Kier alpha value is -1.89. The van der Waals surface area contributed by atoms with Gasteiger partial charge in [0.15, 0.2) is 5.11 Å². The van der Waals surface area contributed by atoms with Gasteiger partial charge < -0.3 is 5.32 Å². The number of rotatable bonds is 4. The minimum Gasteiger partial charge on any atom is -0.358 e. The van der Waals surface area contributed by atoms with Crippen LogP contribution in [-0.2, 0) is 6.18 Å². The summed E-state index contributed by atoms with van der Waals surface area (Å²) in [5.74, 6) is 0. The van der Waals surface area contributed by atoms with E-state index in [1.165, 1.54) is 18.2 Å². The van der Waals surface area contributed by atoms with Crippen molar-refractivity contribution in [2.75, 3.05) is 6.54 Å². The lowest BCUT2D eigenvalue weighted by Crippen LogP contribution is -2.31. The third-order valence-corrected chi connectivity index (χ3v) is 2.28. The Morgan fingerprint density at radius 1 is 1.37 bits per heavy atom. The molecular formula is C12H12F3N3S. The molecule has 0 spiro atoms. The van der Waals surface area contributed by atoms with E-state index >= 15 is 0 Å². The number of hydrogen-bond acceptors (Lipinski definition) is 2. The van der Waals surface area contributed by atoms with Crippen LogP contribution in [0.3, 0.4) is 0 Å². The second kappa shape index (κ2) is 6.89. The molecule has 0 bridgehead atoms. The van der Waals surface area contributed by atoms with Crippen molar-refractivity contribution in [2.24, 2.45) is 5.10 Å². The maximum atomic E-state index is 12.7. The Morgan fingerprint density at radius 2 is 2.05 bits per heavy atom. The predicted molar refractivity (Wildman–Crippen MR) is 73.0 cm³/mol. The standard InChI is InChI=1S/C12H12F3N3S/c1-2-7-16-11(19)18-17-8-9-5-3-4-6-10(9)12(13,14)15/h2-6,8H,1,7H2,(H2,16,18,19). The molecule has 1 aromatic rings. The van der Waals surface area contributed by atoms with Crippen molar-refractivity contribution in [3.63, 3.8) is 0 Å². The molecule has 0 radical (unpaired) electrons. The number of thiocarbonyl (C=S) groups is 1. The number of hydrazone groups is 1. The molecule has 0 amide bonds. The largest absolute Gasteiger partial charge is 0.417 e. The number of hydrogen-bond donors (Lipinski definition) is 2. The molecule has 0 atom stereocenters. The minimum atomic E-state index is -4.41. The number of halogens is 3. The molecule has 0 heterocycles. The first-order valence-electron chi connectivity index (χ1n) is 5.29. The molecule has 7 heteroatoms. The first-order valence-corrected chi connectivity index (χ1v) is 5.70. The normalized spacial score (nSPS) is 11.3. The Morgan fingerprint density at radius 3 is 2.68 bits per heavy atom. The summed E-state index contributed by atoms with van der Waals surface area (Å²) in [6.07, 6.45) is -1.74. The highest BCUT2D eigenvalue weighted by atomic mass is 32.1. The molecule has 1 rings (SSSR count). The van der Waals surface area contributed by atoms with Gasteiger partial charge in [0.2, 0.25) is 0 Å². The lowest BCUT2D eigenvalue weighted by Gasteiger charge is -2.09. The zero-order valence-electron chi connectivity index (χ0n) is 9.87. The van der Waals surface area contributed by atoms with Crippen molar-refractivity contribution >= 4 is 23.5 Å². The molecular weight excluding hydrogens is 275 g/mol. The summed E-state index contributed by atoms with van der Waals surface area (Å²) in [5.41, 5.74) is 1.64. The molecule has 0 saturated carbocycles. The summed E-state index contributed by atoms with van der Waals surface area (Å²) < 4.78 is 38.0. The molecule has 2 N–H and O–H groups in total. The van der Waals surface area contributed by atoms with Crippen LogP contribution < -0.4 is 10.7 Å². The van der Waals surface area contributed by atoms with Gasteiger partial charge >= 0.3 is 6.18 Å². The van der Waals surface area contributed by atoms with Crippen molar-refractivity contribution in [1.82, 2.24) is 10.7 Å². The third-order valence-electron chi connectivity index (χ3n) is 2.04. The van der Waals surface area contributed by atoms with Gasteiger partial charge in [0.1, 0.15) is 0 Å². The Bertz CT molecular complexity index is 483.